The number of benzene rings is 1. The summed E-state index contributed by atoms with van der Waals surface area (Å²) >= 11 is 0. The number of rotatable bonds is 9. The molecule has 0 aliphatic heterocycles. The van der Waals surface area contributed by atoms with E-state index >= 15 is 0 Å². The van der Waals surface area contributed by atoms with E-state index in [1.165, 1.54) is 6.21 Å². The van der Waals surface area contributed by atoms with E-state index in [2.05, 4.69) is 10.6 Å². The molecule has 0 aromatic heterocycles. The molecule has 0 atom stereocenters. The molecule has 5 nitrogen and oxygen atoms in total. The van der Waals surface area contributed by atoms with Gasteiger partial charge >= 0.3 is 0 Å². The van der Waals surface area contributed by atoms with E-state index in [1.54, 1.807) is 13.2 Å². The standard InChI is InChI=1S/C19H28N4O/c1-5-23-14(3)15(10-20)9-16(11-22-4)19(21)18-7-6-13(2)8-17(18)12-24/h6-8,10-11,20-24H,5,9,12H2,1-4H3/b15-14-,16-11-,20-10?,21-19?. The largest absolute Gasteiger partial charge is 0.394 e. The number of aryl methyl sites for hydroxylation is 1. The molecular weight excluding hydrogens is 300 g/mol. The Kier molecular flexibility index (Phi) is 7.92. The van der Waals surface area contributed by atoms with E-state index in [9.17, 15) is 5.11 Å². The Hall–Kier alpha value is -2.40. The van der Waals surface area contributed by atoms with Crippen LogP contribution in [0.4, 0.5) is 0 Å². The Labute approximate surface area is 144 Å². The first-order valence-corrected chi connectivity index (χ1v) is 8.08. The van der Waals surface area contributed by atoms with E-state index < -0.39 is 0 Å². The summed E-state index contributed by atoms with van der Waals surface area (Å²) in [5.41, 5.74) is 5.41. The smallest absolute Gasteiger partial charge is 0.0688 e. The molecule has 0 aliphatic rings. The van der Waals surface area contributed by atoms with Crippen LogP contribution in [0.15, 0.2) is 41.2 Å². The van der Waals surface area contributed by atoms with Crippen LogP contribution < -0.4 is 10.6 Å². The molecule has 0 unspecified atom stereocenters. The number of nitrogens with one attached hydrogen (secondary N) is 4. The SMILES string of the molecule is CCN/C(C)=C(\C=N)C/C(=C/NC)C(=N)c1ccc(C)cc1CO. The van der Waals surface area contributed by atoms with Crippen LogP contribution in [0.5, 0.6) is 0 Å². The molecule has 1 rings (SSSR count). The molecule has 0 heterocycles. The van der Waals surface area contributed by atoms with Gasteiger partial charge in [-0.05, 0) is 37.5 Å². The molecule has 5 heteroatoms. The first-order chi connectivity index (χ1) is 11.5. The molecule has 0 bridgehead atoms. The Bertz CT molecular complexity index is 659. The second-order valence-electron chi connectivity index (χ2n) is 5.65. The van der Waals surface area contributed by atoms with Gasteiger partial charge in [-0.1, -0.05) is 23.8 Å². The van der Waals surface area contributed by atoms with Crippen LogP contribution in [-0.2, 0) is 6.61 Å². The summed E-state index contributed by atoms with van der Waals surface area (Å²) in [6, 6.07) is 5.72. The molecule has 1 aromatic rings. The molecule has 0 fully saturated rings. The average molecular weight is 328 g/mol. The van der Waals surface area contributed by atoms with Crippen molar-refractivity contribution in [3.63, 3.8) is 0 Å². The molecule has 24 heavy (non-hydrogen) atoms. The van der Waals surface area contributed by atoms with Crippen molar-refractivity contribution in [3.05, 3.63) is 57.9 Å². The molecule has 130 valence electrons. The zero-order chi connectivity index (χ0) is 18.1. The monoisotopic (exact) mass is 328 g/mol. The number of hydrogen-bond donors (Lipinski definition) is 5. The Balaban J connectivity index is 3.22. The third-order valence-corrected chi connectivity index (χ3v) is 3.82. The lowest BCUT2D eigenvalue weighted by atomic mass is 9.93. The fourth-order valence-electron chi connectivity index (χ4n) is 2.53. The van der Waals surface area contributed by atoms with Gasteiger partial charge in [-0.25, -0.2) is 0 Å². The predicted octanol–water partition coefficient (Wildman–Crippen LogP) is 2.88. The van der Waals surface area contributed by atoms with Crippen molar-refractivity contribution in [2.24, 2.45) is 0 Å². The van der Waals surface area contributed by atoms with E-state index in [4.69, 9.17) is 10.8 Å². The van der Waals surface area contributed by atoms with E-state index in [0.717, 1.165) is 40.1 Å². The maximum Gasteiger partial charge on any atom is 0.0688 e. The minimum absolute atomic E-state index is 0.101. The normalized spacial score (nSPS) is 12.5. The maximum atomic E-state index is 9.60. The van der Waals surface area contributed by atoms with Crippen LogP contribution in [0.2, 0.25) is 0 Å². The number of hydrogen-bond acceptors (Lipinski definition) is 5. The first kappa shape index (κ1) is 19.6. The van der Waals surface area contributed by atoms with Gasteiger partial charge in [0.2, 0.25) is 0 Å². The molecule has 0 spiro atoms. The van der Waals surface area contributed by atoms with E-state index in [-0.39, 0.29) is 6.61 Å². The van der Waals surface area contributed by atoms with Gasteiger partial charge in [0.1, 0.15) is 0 Å². The Morgan fingerprint density at radius 2 is 2.04 bits per heavy atom. The van der Waals surface area contributed by atoms with E-state index in [0.29, 0.717) is 12.1 Å². The highest BCUT2D eigenvalue weighted by atomic mass is 16.3. The highest BCUT2D eigenvalue weighted by Gasteiger charge is 2.14. The average Bonchev–Trinajstić information content (AvgIpc) is 2.57. The van der Waals surface area contributed by atoms with Crippen molar-refractivity contribution in [1.82, 2.24) is 10.6 Å². The predicted molar refractivity (Wildman–Crippen MR) is 101 cm³/mol. The van der Waals surface area contributed by atoms with E-state index in [1.807, 2.05) is 39.0 Å². The highest BCUT2D eigenvalue weighted by Crippen LogP contribution is 2.21. The van der Waals surface area contributed by atoms with Gasteiger partial charge in [0.25, 0.3) is 0 Å². The van der Waals surface area contributed by atoms with Crippen molar-refractivity contribution in [2.75, 3.05) is 13.6 Å². The van der Waals surface area contributed by atoms with Gasteiger partial charge < -0.3 is 21.1 Å². The van der Waals surface area contributed by atoms with Gasteiger partial charge in [0.05, 0.1) is 12.3 Å². The lowest BCUT2D eigenvalue weighted by molar-refractivity contribution is 0.281. The summed E-state index contributed by atoms with van der Waals surface area (Å²) in [4.78, 5) is 0. The molecule has 1 aromatic carbocycles. The van der Waals surface area contributed by atoms with Crippen LogP contribution in [0, 0.1) is 17.7 Å². The van der Waals surface area contributed by atoms with Crippen molar-refractivity contribution in [2.45, 2.75) is 33.8 Å². The number of allylic oxidation sites excluding steroid dienone is 3. The fraction of sp³-hybridized carbons (Fsp3) is 0.368. The minimum Gasteiger partial charge on any atom is -0.394 e. The highest BCUT2D eigenvalue weighted by molar-refractivity contribution is 6.12. The summed E-state index contributed by atoms with van der Waals surface area (Å²) in [5, 5.41) is 32.1. The molecule has 0 amide bonds. The Morgan fingerprint density at radius 1 is 1.33 bits per heavy atom. The lowest BCUT2D eigenvalue weighted by Gasteiger charge is -2.16. The third kappa shape index (κ3) is 5.06. The van der Waals surface area contributed by atoms with Crippen LogP contribution in [0.3, 0.4) is 0 Å². The van der Waals surface area contributed by atoms with Crippen molar-refractivity contribution in [1.29, 1.82) is 10.8 Å². The van der Waals surface area contributed by atoms with Gasteiger partial charge in [0.15, 0.2) is 0 Å². The number of aliphatic hydroxyl groups is 1. The Morgan fingerprint density at radius 3 is 2.58 bits per heavy atom. The maximum absolute atomic E-state index is 9.60. The van der Waals surface area contributed by atoms with Gasteiger partial charge in [-0.15, -0.1) is 0 Å². The van der Waals surface area contributed by atoms with Crippen molar-refractivity contribution < 1.29 is 5.11 Å². The van der Waals surface area contributed by atoms with Gasteiger partial charge in [-0.3, -0.25) is 5.41 Å². The first-order valence-electron chi connectivity index (χ1n) is 8.08. The summed E-state index contributed by atoms with van der Waals surface area (Å²) in [6.45, 7) is 6.60. The third-order valence-electron chi connectivity index (χ3n) is 3.82. The number of aliphatic hydroxyl groups excluding tert-OH is 1. The molecule has 5 N–H and O–H groups in total. The van der Waals surface area contributed by atoms with Crippen LogP contribution in [0.1, 0.15) is 37.0 Å². The topological polar surface area (TPSA) is 92.0 Å². The zero-order valence-electron chi connectivity index (χ0n) is 15.0. The molecule has 0 aliphatic carbocycles. The minimum atomic E-state index is -0.101. The zero-order valence-corrected chi connectivity index (χ0v) is 15.0. The summed E-state index contributed by atoms with van der Waals surface area (Å²) < 4.78 is 0. The van der Waals surface area contributed by atoms with Crippen LogP contribution in [0.25, 0.3) is 0 Å². The molecular formula is C19H28N4O. The fourth-order valence-corrected chi connectivity index (χ4v) is 2.53. The van der Waals surface area contributed by atoms with Crippen LogP contribution >= 0.6 is 0 Å². The van der Waals surface area contributed by atoms with Gasteiger partial charge in [0, 0.05) is 43.7 Å². The van der Waals surface area contributed by atoms with Crippen molar-refractivity contribution >= 4 is 11.9 Å². The second-order valence-corrected chi connectivity index (χ2v) is 5.65. The summed E-state index contributed by atoms with van der Waals surface area (Å²) in [5.74, 6) is 0. The second kappa shape index (κ2) is 9.67. The summed E-state index contributed by atoms with van der Waals surface area (Å²) in [6.07, 6.45) is 3.59. The molecule has 0 saturated carbocycles. The molecule has 0 radical (unpaired) electrons. The van der Waals surface area contributed by atoms with Gasteiger partial charge in [-0.2, -0.15) is 0 Å². The summed E-state index contributed by atoms with van der Waals surface area (Å²) in [7, 11) is 1.79. The quantitative estimate of drug-likeness (QED) is 0.451. The lowest BCUT2D eigenvalue weighted by Crippen LogP contribution is -2.16. The van der Waals surface area contributed by atoms with Crippen molar-refractivity contribution in [3.8, 4) is 0 Å². The van der Waals surface area contributed by atoms with Crippen LogP contribution in [-0.4, -0.2) is 30.6 Å². The molecule has 0 saturated heterocycles.